The highest BCUT2D eigenvalue weighted by atomic mass is 32.1. The van der Waals surface area contributed by atoms with Gasteiger partial charge in [0.2, 0.25) is 0 Å². The fourth-order valence-corrected chi connectivity index (χ4v) is 1.95. The number of hydrogen-bond acceptors (Lipinski definition) is 4. The maximum atomic E-state index is 5.60. The SMILES string of the molecule is NCCC#Cc1ccc(-c2csc(N)n2)cc1. The third-order valence-corrected chi connectivity index (χ3v) is 2.88. The summed E-state index contributed by atoms with van der Waals surface area (Å²) in [5, 5.41) is 2.54. The van der Waals surface area contributed by atoms with E-state index < -0.39 is 0 Å². The Morgan fingerprint density at radius 2 is 2.00 bits per heavy atom. The minimum absolute atomic E-state index is 0.590. The van der Waals surface area contributed by atoms with Gasteiger partial charge in [0.1, 0.15) is 0 Å². The normalized spacial score (nSPS) is 9.71. The molecule has 0 fully saturated rings. The smallest absolute Gasteiger partial charge is 0.180 e. The van der Waals surface area contributed by atoms with Crippen LogP contribution >= 0.6 is 11.3 Å². The van der Waals surface area contributed by atoms with Gasteiger partial charge in [-0.3, -0.25) is 0 Å². The molecule has 86 valence electrons. The van der Waals surface area contributed by atoms with E-state index in [1.54, 1.807) is 0 Å². The van der Waals surface area contributed by atoms with Gasteiger partial charge in [0, 0.05) is 29.5 Å². The molecule has 0 amide bonds. The van der Waals surface area contributed by atoms with Gasteiger partial charge in [-0.1, -0.05) is 24.0 Å². The highest BCUT2D eigenvalue weighted by Crippen LogP contribution is 2.22. The van der Waals surface area contributed by atoms with E-state index in [9.17, 15) is 0 Å². The molecule has 4 heteroatoms. The second-order valence-electron chi connectivity index (χ2n) is 3.49. The lowest BCUT2D eigenvalue weighted by Crippen LogP contribution is -1.95. The van der Waals surface area contributed by atoms with Gasteiger partial charge in [-0.15, -0.1) is 11.3 Å². The summed E-state index contributed by atoms with van der Waals surface area (Å²) in [6, 6.07) is 7.96. The Bertz CT molecular complexity index is 546. The van der Waals surface area contributed by atoms with Crippen molar-refractivity contribution >= 4 is 16.5 Å². The molecular weight excluding hydrogens is 230 g/mol. The minimum atomic E-state index is 0.590. The highest BCUT2D eigenvalue weighted by molar-refractivity contribution is 7.13. The standard InChI is InChI=1S/C13H13N3S/c14-8-2-1-3-10-4-6-11(7-5-10)12-9-17-13(15)16-12/h4-7,9H,2,8,14H2,(H2,15,16). The lowest BCUT2D eigenvalue weighted by atomic mass is 10.1. The topological polar surface area (TPSA) is 64.9 Å². The van der Waals surface area contributed by atoms with E-state index in [-0.39, 0.29) is 0 Å². The number of anilines is 1. The first-order valence-corrected chi connectivity index (χ1v) is 6.18. The summed E-state index contributed by atoms with van der Waals surface area (Å²) in [5.74, 6) is 6.06. The summed E-state index contributed by atoms with van der Waals surface area (Å²) in [7, 11) is 0. The van der Waals surface area contributed by atoms with Crippen molar-refractivity contribution in [3.63, 3.8) is 0 Å². The molecule has 1 aromatic heterocycles. The second kappa shape index (κ2) is 5.48. The lowest BCUT2D eigenvalue weighted by molar-refractivity contribution is 1.03. The molecule has 0 aliphatic carbocycles. The Hall–Kier alpha value is -1.83. The molecule has 4 N–H and O–H groups in total. The fourth-order valence-electron chi connectivity index (χ4n) is 1.38. The number of aromatic nitrogens is 1. The third kappa shape index (κ3) is 3.06. The zero-order valence-corrected chi connectivity index (χ0v) is 10.1. The van der Waals surface area contributed by atoms with Crippen LogP contribution in [0.1, 0.15) is 12.0 Å². The fraction of sp³-hybridized carbons (Fsp3) is 0.154. The Kier molecular flexibility index (Phi) is 3.76. The molecule has 0 aliphatic heterocycles. The molecule has 0 bridgehead atoms. The number of nitrogens with two attached hydrogens (primary N) is 2. The van der Waals surface area contributed by atoms with Gasteiger partial charge in [-0.05, 0) is 12.1 Å². The summed E-state index contributed by atoms with van der Waals surface area (Å²) in [6.45, 7) is 0.600. The quantitative estimate of drug-likeness (QED) is 0.794. The van der Waals surface area contributed by atoms with E-state index in [0.29, 0.717) is 11.7 Å². The molecule has 2 rings (SSSR count). The summed E-state index contributed by atoms with van der Waals surface area (Å²) in [4.78, 5) is 4.23. The van der Waals surface area contributed by atoms with Gasteiger partial charge in [0.25, 0.3) is 0 Å². The predicted molar refractivity (Wildman–Crippen MR) is 72.5 cm³/mol. The van der Waals surface area contributed by atoms with Crippen molar-refractivity contribution in [1.82, 2.24) is 4.98 Å². The van der Waals surface area contributed by atoms with Crippen LogP contribution in [-0.2, 0) is 0 Å². The average molecular weight is 243 g/mol. The number of nitrogen functional groups attached to an aromatic ring is 1. The first-order chi connectivity index (χ1) is 8.29. The predicted octanol–water partition coefficient (Wildman–Crippen LogP) is 2.09. The van der Waals surface area contributed by atoms with Crippen molar-refractivity contribution in [2.75, 3.05) is 12.3 Å². The number of thiazole rings is 1. The van der Waals surface area contributed by atoms with Crippen molar-refractivity contribution in [3.8, 4) is 23.1 Å². The third-order valence-electron chi connectivity index (χ3n) is 2.20. The first-order valence-electron chi connectivity index (χ1n) is 5.30. The van der Waals surface area contributed by atoms with E-state index in [2.05, 4.69) is 16.8 Å². The van der Waals surface area contributed by atoms with Crippen LogP contribution in [0, 0.1) is 11.8 Å². The van der Waals surface area contributed by atoms with Gasteiger partial charge in [0.15, 0.2) is 5.13 Å². The highest BCUT2D eigenvalue weighted by Gasteiger charge is 2.01. The maximum absolute atomic E-state index is 5.60. The van der Waals surface area contributed by atoms with Crippen molar-refractivity contribution in [1.29, 1.82) is 0 Å². The zero-order chi connectivity index (χ0) is 12.1. The summed E-state index contributed by atoms with van der Waals surface area (Å²) >= 11 is 1.45. The van der Waals surface area contributed by atoms with Crippen molar-refractivity contribution in [2.45, 2.75) is 6.42 Å². The average Bonchev–Trinajstić information content (AvgIpc) is 2.77. The van der Waals surface area contributed by atoms with Crippen LogP contribution in [0.4, 0.5) is 5.13 Å². The van der Waals surface area contributed by atoms with Crippen molar-refractivity contribution < 1.29 is 0 Å². The molecule has 0 unspecified atom stereocenters. The Morgan fingerprint density at radius 3 is 2.59 bits per heavy atom. The summed E-state index contributed by atoms with van der Waals surface area (Å²) < 4.78 is 0. The van der Waals surface area contributed by atoms with Gasteiger partial charge in [-0.25, -0.2) is 4.98 Å². The molecule has 0 spiro atoms. The summed E-state index contributed by atoms with van der Waals surface area (Å²) in [6.07, 6.45) is 0.727. The van der Waals surface area contributed by atoms with E-state index >= 15 is 0 Å². The molecule has 1 aromatic carbocycles. The largest absolute Gasteiger partial charge is 0.375 e. The van der Waals surface area contributed by atoms with Gasteiger partial charge in [0.05, 0.1) is 5.69 Å². The van der Waals surface area contributed by atoms with Gasteiger partial charge < -0.3 is 11.5 Å². The maximum Gasteiger partial charge on any atom is 0.180 e. The van der Waals surface area contributed by atoms with Gasteiger partial charge in [-0.2, -0.15) is 0 Å². The number of rotatable bonds is 2. The van der Waals surface area contributed by atoms with E-state index in [4.69, 9.17) is 11.5 Å². The number of hydrogen-bond donors (Lipinski definition) is 2. The molecule has 0 saturated heterocycles. The monoisotopic (exact) mass is 243 g/mol. The molecule has 0 radical (unpaired) electrons. The van der Waals surface area contributed by atoms with E-state index in [0.717, 1.165) is 23.2 Å². The second-order valence-corrected chi connectivity index (χ2v) is 4.38. The van der Waals surface area contributed by atoms with E-state index in [1.165, 1.54) is 11.3 Å². The first kappa shape index (κ1) is 11.6. The minimum Gasteiger partial charge on any atom is -0.375 e. The van der Waals surface area contributed by atoms with Crippen LogP contribution in [0.25, 0.3) is 11.3 Å². The van der Waals surface area contributed by atoms with Gasteiger partial charge >= 0.3 is 0 Å². The molecule has 0 aliphatic rings. The van der Waals surface area contributed by atoms with Crippen molar-refractivity contribution in [3.05, 3.63) is 35.2 Å². The number of benzene rings is 1. The Labute approximate surface area is 104 Å². The van der Waals surface area contributed by atoms with Crippen LogP contribution in [0.2, 0.25) is 0 Å². The molecule has 17 heavy (non-hydrogen) atoms. The van der Waals surface area contributed by atoms with Crippen LogP contribution in [-0.4, -0.2) is 11.5 Å². The van der Waals surface area contributed by atoms with E-state index in [1.807, 2.05) is 29.6 Å². The molecule has 3 nitrogen and oxygen atoms in total. The molecule has 1 heterocycles. The number of nitrogens with zero attached hydrogens (tertiary/aromatic N) is 1. The van der Waals surface area contributed by atoms with Crippen LogP contribution in [0.5, 0.6) is 0 Å². The van der Waals surface area contributed by atoms with Crippen LogP contribution < -0.4 is 11.5 Å². The molecular formula is C13H13N3S. The zero-order valence-electron chi connectivity index (χ0n) is 9.31. The Morgan fingerprint density at radius 1 is 1.24 bits per heavy atom. The van der Waals surface area contributed by atoms with Crippen LogP contribution in [0.3, 0.4) is 0 Å². The molecule has 0 saturated carbocycles. The van der Waals surface area contributed by atoms with Crippen LogP contribution in [0.15, 0.2) is 29.6 Å². The molecule has 2 aromatic rings. The lowest BCUT2D eigenvalue weighted by Gasteiger charge is -1.96. The van der Waals surface area contributed by atoms with Crippen molar-refractivity contribution in [2.24, 2.45) is 5.73 Å². The Balaban J connectivity index is 2.16. The molecule has 0 atom stereocenters. The summed E-state index contributed by atoms with van der Waals surface area (Å²) in [5.41, 5.74) is 13.9.